The minimum atomic E-state index is -0.263. The first-order chi connectivity index (χ1) is 15.1. The number of benzene rings is 2. The molecule has 0 radical (unpaired) electrons. The van der Waals surface area contributed by atoms with E-state index in [0.29, 0.717) is 12.2 Å². The van der Waals surface area contributed by atoms with Crippen molar-refractivity contribution in [2.45, 2.75) is 52.5 Å². The van der Waals surface area contributed by atoms with Crippen LogP contribution in [0.1, 0.15) is 46.9 Å². The smallest absolute Gasteiger partial charge is 0.280 e. The third-order valence-electron chi connectivity index (χ3n) is 6.30. The number of thiophene rings is 1. The second-order valence-corrected chi connectivity index (χ2v) is 9.49. The van der Waals surface area contributed by atoms with E-state index in [4.69, 9.17) is 0 Å². The highest BCUT2D eigenvalue weighted by atomic mass is 32.1. The van der Waals surface area contributed by atoms with Crippen LogP contribution in [-0.2, 0) is 25.8 Å². The van der Waals surface area contributed by atoms with E-state index in [0.717, 1.165) is 53.4 Å². The summed E-state index contributed by atoms with van der Waals surface area (Å²) in [4.78, 5) is 29.4. The number of hydrogen-bond donors (Lipinski definition) is 0. The van der Waals surface area contributed by atoms with Crippen LogP contribution in [0, 0.1) is 6.92 Å². The monoisotopic (exact) mass is 430 g/mol. The molecule has 5 rings (SSSR count). The van der Waals surface area contributed by atoms with Crippen LogP contribution in [0.5, 0.6) is 0 Å². The molecule has 0 bridgehead atoms. The number of aromatic nitrogens is 2. The lowest BCUT2D eigenvalue weighted by molar-refractivity contribution is 0.696. The fourth-order valence-corrected chi connectivity index (χ4v) is 5.86. The van der Waals surface area contributed by atoms with Crippen LogP contribution in [-0.4, -0.2) is 9.13 Å². The van der Waals surface area contributed by atoms with Crippen LogP contribution >= 0.6 is 11.3 Å². The first-order valence-corrected chi connectivity index (χ1v) is 11.8. The highest BCUT2D eigenvalue weighted by molar-refractivity contribution is 7.18. The average Bonchev–Trinajstić information content (AvgIpc) is 3.18. The maximum absolute atomic E-state index is 13.7. The Morgan fingerprint density at radius 3 is 2.29 bits per heavy atom. The molecule has 0 amide bonds. The van der Waals surface area contributed by atoms with E-state index in [9.17, 15) is 9.59 Å². The largest absolute Gasteiger partial charge is 0.337 e. The minimum absolute atomic E-state index is 0.177. The minimum Gasteiger partial charge on any atom is -0.280 e. The summed E-state index contributed by atoms with van der Waals surface area (Å²) in [6, 6.07) is 16.0. The molecule has 0 fully saturated rings. The highest BCUT2D eigenvalue weighted by Gasteiger charge is 2.24. The number of aryl methyl sites for hydroxylation is 4. The second-order valence-electron chi connectivity index (χ2n) is 8.41. The molecule has 0 aliphatic heterocycles. The van der Waals surface area contributed by atoms with E-state index in [1.807, 2.05) is 24.3 Å². The second kappa shape index (κ2) is 7.97. The molecule has 0 saturated heterocycles. The van der Waals surface area contributed by atoms with Crippen molar-refractivity contribution in [3.63, 3.8) is 0 Å². The van der Waals surface area contributed by atoms with Gasteiger partial charge in [0, 0.05) is 4.88 Å². The Balaban J connectivity index is 1.79. The summed E-state index contributed by atoms with van der Waals surface area (Å²) in [5.41, 5.74) is 4.80. The Labute approximate surface area is 185 Å². The van der Waals surface area contributed by atoms with Crippen LogP contribution in [0.4, 0.5) is 0 Å². The third kappa shape index (κ3) is 3.47. The zero-order valence-electron chi connectivity index (χ0n) is 18.0. The quantitative estimate of drug-likeness (QED) is 0.457. The summed E-state index contributed by atoms with van der Waals surface area (Å²) in [7, 11) is 0. The molecule has 1 aliphatic rings. The Kier molecular flexibility index (Phi) is 5.14. The lowest BCUT2D eigenvalue weighted by atomic mass is 9.97. The van der Waals surface area contributed by atoms with Gasteiger partial charge in [-0.05, 0) is 67.9 Å². The number of rotatable bonds is 4. The Hall–Kier alpha value is -2.92. The van der Waals surface area contributed by atoms with Gasteiger partial charge in [-0.3, -0.25) is 9.36 Å². The van der Waals surface area contributed by atoms with Crippen LogP contribution in [0.15, 0.2) is 58.1 Å². The molecule has 0 atom stereocenters. The van der Waals surface area contributed by atoms with Gasteiger partial charge in [-0.1, -0.05) is 48.9 Å². The maximum Gasteiger partial charge on any atom is 0.337 e. The van der Waals surface area contributed by atoms with Crippen LogP contribution < -0.4 is 11.2 Å². The molecule has 4 nitrogen and oxygen atoms in total. The molecule has 2 aromatic heterocycles. The van der Waals surface area contributed by atoms with Gasteiger partial charge < -0.3 is 0 Å². The number of nitrogens with zero attached hydrogens (tertiary/aromatic N) is 2. The summed E-state index contributed by atoms with van der Waals surface area (Å²) in [6.07, 6.45) is 5.08. The molecule has 158 valence electrons. The molecule has 31 heavy (non-hydrogen) atoms. The fourth-order valence-electron chi connectivity index (χ4n) is 4.49. The predicted molar refractivity (Wildman–Crippen MR) is 128 cm³/mol. The summed E-state index contributed by atoms with van der Waals surface area (Å²) >= 11 is 1.64. The molecule has 2 aromatic carbocycles. The molecular weight excluding hydrogens is 404 g/mol. The van der Waals surface area contributed by atoms with Crippen molar-refractivity contribution in [1.82, 2.24) is 9.13 Å². The van der Waals surface area contributed by atoms with Crippen LogP contribution in [0.2, 0.25) is 0 Å². The molecule has 0 spiro atoms. The van der Waals surface area contributed by atoms with Gasteiger partial charge >= 0.3 is 5.69 Å². The van der Waals surface area contributed by atoms with Gasteiger partial charge in [-0.15, -0.1) is 11.3 Å². The van der Waals surface area contributed by atoms with E-state index in [-0.39, 0.29) is 11.2 Å². The van der Waals surface area contributed by atoms with Crippen LogP contribution in [0.3, 0.4) is 0 Å². The van der Waals surface area contributed by atoms with Crippen molar-refractivity contribution >= 4 is 21.6 Å². The summed E-state index contributed by atoms with van der Waals surface area (Å²) in [5.74, 6) is 0. The Bertz CT molecular complexity index is 1370. The standard InChI is InChI=1S/C26H26N2O2S/c1-3-18-12-14-20(15-13-18)28-24(29)23-21-6-4-5-7-22(21)31-25(23)27(26(28)30)16-19-10-8-17(2)9-11-19/h8-15H,3-7,16H2,1-2H3. The van der Waals surface area contributed by atoms with Gasteiger partial charge in [0.25, 0.3) is 5.56 Å². The molecule has 0 saturated carbocycles. The molecule has 0 unspecified atom stereocenters. The van der Waals surface area contributed by atoms with Gasteiger partial charge in [0.05, 0.1) is 17.6 Å². The topological polar surface area (TPSA) is 44.0 Å². The lowest BCUT2D eigenvalue weighted by Gasteiger charge is -2.14. The predicted octanol–water partition coefficient (Wildman–Crippen LogP) is 5.01. The molecular formula is C26H26N2O2S. The fraction of sp³-hybridized carbons (Fsp3) is 0.308. The molecule has 0 N–H and O–H groups in total. The van der Waals surface area contributed by atoms with E-state index in [1.165, 1.54) is 20.6 Å². The Morgan fingerprint density at radius 2 is 1.58 bits per heavy atom. The molecule has 4 aromatic rings. The number of hydrogen-bond acceptors (Lipinski definition) is 3. The highest BCUT2D eigenvalue weighted by Crippen LogP contribution is 2.34. The van der Waals surface area contributed by atoms with Crippen molar-refractivity contribution in [3.05, 3.63) is 96.5 Å². The van der Waals surface area contributed by atoms with Gasteiger partial charge in [-0.2, -0.15) is 0 Å². The first kappa shape index (κ1) is 20.0. The van der Waals surface area contributed by atoms with E-state index in [2.05, 4.69) is 38.1 Å². The molecule has 5 heteroatoms. The molecule has 2 heterocycles. The van der Waals surface area contributed by atoms with Crippen molar-refractivity contribution < 1.29 is 0 Å². The van der Waals surface area contributed by atoms with Crippen molar-refractivity contribution in [1.29, 1.82) is 0 Å². The summed E-state index contributed by atoms with van der Waals surface area (Å²) in [5, 5.41) is 0.742. The van der Waals surface area contributed by atoms with Crippen molar-refractivity contribution in [2.75, 3.05) is 0 Å². The van der Waals surface area contributed by atoms with E-state index < -0.39 is 0 Å². The number of fused-ring (bicyclic) bond motifs is 3. The molecule has 1 aliphatic carbocycles. The average molecular weight is 431 g/mol. The van der Waals surface area contributed by atoms with Gasteiger partial charge in [0.1, 0.15) is 4.83 Å². The third-order valence-corrected chi connectivity index (χ3v) is 7.62. The zero-order valence-corrected chi connectivity index (χ0v) is 18.8. The van der Waals surface area contributed by atoms with Gasteiger partial charge in [0.15, 0.2) is 0 Å². The Morgan fingerprint density at radius 1 is 0.903 bits per heavy atom. The van der Waals surface area contributed by atoms with Crippen LogP contribution in [0.25, 0.3) is 15.9 Å². The lowest BCUT2D eigenvalue weighted by Crippen LogP contribution is -2.39. The van der Waals surface area contributed by atoms with E-state index >= 15 is 0 Å². The first-order valence-electron chi connectivity index (χ1n) is 11.0. The van der Waals surface area contributed by atoms with Gasteiger partial charge in [-0.25, -0.2) is 9.36 Å². The summed E-state index contributed by atoms with van der Waals surface area (Å²) in [6.45, 7) is 4.61. The zero-order chi connectivity index (χ0) is 21.5. The summed E-state index contributed by atoms with van der Waals surface area (Å²) < 4.78 is 3.18. The maximum atomic E-state index is 13.7. The normalized spacial score (nSPS) is 13.5. The van der Waals surface area contributed by atoms with Crippen molar-refractivity contribution in [2.24, 2.45) is 0 Å². The van der Waals surface area contributed by atoms with E-state index in [1.54, 1.807) is 15.9 Å². The SMILES string of the molecule is CCc1ccc(-n2c(=O)c3c4c(sc3n(Cc3ccc(C)cc3)c2=O)CCCC4)cc1. The van der Waals surface area contributed by atoms with Crippen molar-refractivity contribution in [3.8, 4) is 5.69 Å². The van der Waals surface area contributed by atoms with Gasteiger partial charge in [0.2, 0.25) is 0 Å².